The molecule has 0 radical (unpaired) electrons. The van der Waals surface area contributed by atoms with E-state index in [0.717, 1.165) is 23.1 Å². The average molecular weight is 460 g/mol. The molecule has 3 heterocycles. The maximum absolute atomic E-state index is 12.6. The van der Waals surface area contributed by atoms with E-state index in [2.05, 4.69) is 48.8 Å². The van der Waals surface area contributed by atoms with E-state index in [4.69, 9.17) is 4.52 Å². The predicted molar refractivity (Wildman–Crippen MR) is 114 cm³/mol. The van der Waals surface area contributed by atoms with Crippen LogP contribution in [0.2, 0.25) is 0 Å². The van der Waals surface area contributed by atoms with Gasteiger partial charge in [0.05, 0.1) is 6.04 Å². The number of thiophene rings is 1. The first-order chi connectivity index (χ1) is 13.7. The van der Waals surface area contributed by atoms with Gasteiger partial charge in [0.15, 0.2) is 11.5 Å². The van der Waals surface area contributed by atoms with Crippen LogP contribution in [0, 0.1) is 0 Å². The Morgan fingerprint density at radius 2 is 2.00 bits per heavy atom. The Hall–Kier alpha value is -1.96. The van der Waals surface area contributed by atoms with Crippen molar-refractivity contribution in [3.8, 4) is 11.3 Å². The summed E-state index contributed by atoms with van der Waals surface area (Å²) in [5.74, 6) is 0.383. The molecule has 0 saturated carbocycles. The van der Waals surface area contributed by atoms with Crippen LogP contribution >= 0.6 is 27.3 Å². The second kappa shape index (κ2) is 9.03. The quantitative estimate of drug-likeness (QED) is 0.555. The molecule has 5 nitrogen and oxygen atoms in total. The SMILES string of the molecule is O=C(NCC(c1cccs1)N1CCCCC1)c1cc(-c2ccc(Br)cc2)on1. The van der Waals surface area contributed by atoms with Gasteiger partial charge >= 0.3 is 0 Å². The van der Waals surface area contributed by atoms with E-state index in [1.165, 1.54) is 24.1 Å². The molecule has 0 bridgehead atoms. The Kier molecular flexibility index (Phi) is 6.24. The van der Waals surface area contributed by atoms with E-state index >= 15 is 0 Å². The Labute approximate surface area is 176 Å². The van der Waals surface area contributed by atoms with Crippen LogP contribution in [0.5, 0.6) is 0 Å². The van der Waals surface area contributed by atoms with Crippen LogP contribution < -0.4 is 5.32 Å². The van der Waals surface area contributed by atoms with Crippen LogP contribution in [0.4, 0.5) is 0 Å². The number of rotatable bonds is 6. The largest absolute Gasteiger partial charge is 0.355 e. The van der Waals surface area contributed by atoms with E-state index in [-0.39, 0.29) is 11.9 Å². The van der Waals surface area contributed by atoms with Crippen molar-refractivity contribution < 1.29 is 9.32 Å². The van der Waals surface area contributed by atoms with Gasteiger partial charge in [-0.25, -0.2) is 0 Å². The fraction of sp³-hybridized carbons (Fsp3) is 0.333. The Morgan fingerprint density at radius 3 is 2.71 bits per heavy atom. The summed E-state index contributed by atoms with van der Waals surface area (Å²) in [6.07, 6.45) is 3.73. The van der Waals surface area contributed by atoms with Crippen molar-refractivity contribution in [1.29, 1.82) is 0 Å². The minimum Gasteiger partial charge on any atom is -0.355 e. The zero-order chi connectivity index (χ0) is 19.3. The average Bonchev–Trinajstić information content (AvgIpc) is 3.42. The van der Waals surface area contributed by atoms with E-state index in [0.29, 0.717) is 18.0 Å². The van der Waals surface area contributed by atoms with Gasteiger partial charge in [-0.2, -0.15) is 0 Å². The molecule has 28 heavy (non-hydrogen) atoms. The van der Waals surface area contributed by atoms with Crippen molar-refractivity contribution in [3.63, 3.8) is 0 Å². The molecule has 4 rings (SSSR count). The highest BCUT2D eigenvalue weighted by molar-refractivity contribution is 9.10. The Morgan fingerprint density at radius 1 is 1.21 bits per heavy atom. The number of hydrogen-bond donors (Lipinski definition) is 1. The van der Waals surface area contributed by atoms with E-state index in [9.17, 15) is 4.79 Å². The molecular formula is C21H22BrN3O2S. The third-order valence-electron chi connectivity index (χ3n) is 5.03. The molecule has 2 aromatic heterocycles. The van der Waals surface area contributed by atoms with Gasteiger partial charge in [-0.1, -0.05) is 45.7 Å². The van der Waals surface area contributed by atoms with Gasteiger partial charge < -0.3 is 9.84 Å². The molecule has 1 atom stereocenters. The van der Waals surface area contributed by atoms with Crippen LogP contribution in [0.3, 0.4) is 0 Å². The molecule has 1 saturated heterocycles. The summed E-state index contributed by atoms with van der Waals surface area (Å²) in [7, 11) is 0. The number of hydrogen-bond acceptors (Lipinski definition) is 5. The molecule has 1 unspecified atom stereocenters. The predicted octanol–water partition coefficient (Wildman–Crippen LogP) is 5.12. The third kappa shape index (κ3) is 4.54. The minimum absolute atomic E-state index is 0.203. The van der Waals surface area contributed by atoms with E-state index in [1.807, 2.05) is 24.3 Å². The van der Waals surface area contributed by atoms with E-state index < -0.39 is 0 Å². The lowest BCUT2D eigenvalue weighted by Gasteiger charge is -2.34. The molecule has 1 aromatic carbocycles. The molecule has 0 spiro atoms. The van der Waals surface area contributed by atoms with Crippen molar-refractivity contribution in [3.05, 3.63) is 62.9 Å². The summed E-state index contributed by atoms with van der Waals surface area (Å²) in [4.78, 5) is 16.4. The van der Waals surface area contributed by atoms with Gasteiger partial charge in [0.25, 0.3) is 5.91 Å². The second-order valence-electron chi connectivity index (χ2n) is 6.92. The molecule has 1 fully saturated rings. The summed E-state index contributed by atoms with van der Waals surface area (Å²) in [6.45, 7) is 2.73. The zero-order valence-electron chi connectivity index (χ0n) is 15.4. The fourth-order valence-electron chi connectivity index (χ4n) is 3.53. The summed E-state index contributed by atoms with van der Waals surface area (Å²) in [5.41, 5.74) is 1.20. The second-order valence-corrected chi connectivity index (χ2v) is 8.82. The van der Waals surface area contributed by atoms with E-state index in [1.54, 1.807) is 17.4 Å². The number of piperidine rings is 1. The highest BCUT2D eigenvalue weighted by Crippen LogP contribution is 2.28. The smallest absolute Gasteiger partial charge is 0.273 e. The normalized spacial score (nSPS) is 16.0. The molecule has 0 aliphatic carbocycles. The van der Waals surface area contributed by atoms with Gasteiger partial charge in [0, 0.05) is 27.5 Å². The number of benzene rings is 1. The van der Waals surface area contributed by atoms with Gasteiger partial charge in [-0.3, -0.25) is 9.69 Å². The molecule has 7 heteroatoms. The number of nitrogens with one attached hydrogen (secondary N) is 1. The van der Waals surface area contributed by atoms with Crippen LogP contribution in [0.15, 0.2) is 56.8 Å². The standard InChI is InChI=1S/C21H22BrN3O2S/c22-16-8-6-15(7-9-16)19-13-17(24-27-19)21(26)23-14-18(20-5-4-12-28-20)25-10-2-1-3-11-25/h4-9,12-13,18H,1-3,10-11,14H2,(H,23,26). The fourth-order valence-corrected chi connectivity index (χ4v) is 4.66. The lowest BCUT2D eigenvalue weighted by atomic mass is 10.1. The Balaban J connectivity index is 1.43. The topological polar surface area (TPSA) is 58.4 Å². The van der Waals surface area contributed by atoms with Crippen LogP contribution in [0.25, 0.3) is 11.3 Å². The first kappa shape index (κ1) is 19.4. The highest BCUT2D eigenvalue weighted by Gasteiger charge is 2.24. The lowest BCUT2D eigenvalue weighted by molar-refractivity contribution is 0.0917. The summed E-state index contributed by atoms with van der Waals surface area (Å²) >= 11 is 5.16. The summed E-state index contributed by atoms with van der Waals surface area (Å²) < 4.78 is 6.36. The van der Waals surface area contributed by atoms with Gasteiger partial charge in [0.2, 0.25) is 0 Å². The maximum atomic E-state index is 12.6. The van der Waals surface area contributed by atoms with Gasteiger partial charge in [-0.05, 0) is 49.5 Å². The Bertz CT molecular complexity index is 902. The van der Waals surface area contributed by atoms with Crippen molar-refractivity contribution in [1.82, 2.24) is 15.4 Å². The van der Waals surface area contributed by atoms with Crippen molar-refractivity contribution in [2.45, 2.75) is 25.3 Å². The number of carbonyl (C=O) groups is 1. The highest BCUT2D eigenvalue weighted by atomic mass is 79.9. The number of likely N-dealkylation sites (tertiary alicyclic amines) is 1. The number of aromatic nitrogens is 1. The molecule has 146 valence electrons. The van der Waals surface area contributed by atoms with Gasteiger partial charge in [-0.15, -0.1) is 11.3 Å². The molecule has 1 aliphatic heterocycles. The zero-order valence-corrected chi connectivity index (χ0v) is 17.8. The molecule has 1 amide bonds. The number of carbonyl (C=O) groups excluding carboxylic acids is 1. The molecular weight excluding hydrogens is 438 g/mol. The maximum Gasteiger partial charge on any atom is 0.273 e. The minimum atomic E-state index is -0.203. The number of amides is 1. The van der Waals surface area contributed by atoms with Gasteiger partial charge in [0.1, 0.15) is 0 Å². The molecule has 1 N–H and O–H groups in total. The molecule has 1 aliphatic rings. The first-order valence-electron chi connectivity index (χ1n) is 9.49. The van der Waals surface area contributed by atoms with Crippen LogP contribution in [-0.4, -0.2) is 35.6 Å². The number of nitrogens with zero attached hydrogens (tertiary/aromatic N) is 2. The first-order valence-corrected chi connectivity index (χ1v) is 11.2. The summed E-state index contributed by atoms with van der Waals surface area (Å²) in [6, 6.07) is 13.8. The van der Waals surface area contributed by atoms with Crippen LogP contribution in [-0.2, 0) is 0 Å². The van der Waals surface area contributed by atoms with Crippen molar-refractivity contribution >= 4 is 33.2 Å². The third-order valence-corrected chi connectivity index (χ3v) is 6.53. The number of halogens is 1. The van der Waals surface area contributed by atoms with Crippen molar-refractivity contribution in [2.75, 3.05) is 19.6 Å². The van der Waals surface area contributed by atoms with Crippen molar-refractivity contribution in [2.24, 2.45) is 0 Å². The lowest BCUT2D eigenvalue weighted by Crippen LogP contribution is -2.40. The van der Waals surface area contributed by atoms with Crippen LogP contribution in [0.1, 0.15) is 40.7 Å². The monoisotopic (exact) mass is 459 g/mol. The molecule has 3 aromatic rings. The summed E-state index contributed by atoms with van der Waals surface area (Å²) in [5, 5.41) is 9.11.